The van der Waals surface area contributed by atoms with E-state index in [9.17, 15) is 0 Å². The number of ether oxygens (including phenoxy) is 1. The average molecular weight is 178 g/mol. The van der Waals surface area contributed by atoms with Gasteiger partial charge in [0.1, 0.15) is 6.10 Å². The molecule has 12 heavy (non-hydrogen) atoms. The van der Waals surface area contributed by atoms with Crippen LogP contribution in [0.25, 0.3) is 0 Å². The van der Waals surface area contributed by atoms with E-state index in [1.165, 1.54) is 0 Å². The molecule has 1 heterocycles. The van der Waals surface area contributed by atoms with Crippen molar-refractivity contribution in [3.05, 3.63) is 11.5 Å². The van der Waals surface area contributed by atoms with Crippen LogP contribution >= 0.6 is 0 Å². The van der Waals surface area contributed by atoms with Crippen molar-refractivity contribution < 1.29 is 30.3 Å². The van der Waals surface area contributed by atoms with Gasteiger partial charge in [0.25, 0.3) is 0 Å². The molecule has 1 rings (SSSR count). The number of aliphatic hydroxyl groups is 5. The van der Waals surface area contributed by atoms with Crippen molar-refractivity contribution in [3.63, 3.8) is 0 Å². The van der Waals surface area contributed by atoms with Crippen molar-refractivity contribution in [3.8, 4) is 0 Å². The molecule has 70 valence electrons. The van der Waals surface area contributed by atoms with Crippen molar-refractivity contribution >= 4 is 0 Å². The minimum absolute atomic E-state index is 0.584. The first-order valence-electron chi connectivity index (χ1n) is 3.32. The Hall–Kier alpha value is -0.820. The fourth-order valence-electron chi connectivity index (χ4n) is 0.888. The van der Waals surface area contributed by atoms with Gasteiger partial charge in [0.05, 0.1) is 6.61 Å². The van der Waals surface area contributed by atoms with E-state index in [2.05, 4.69) is 4.74 Å². The SMILES string of the molecule is OC[C@H]1OC(O)[C@H](O)C(O)=C1O. The smallest absolute Gasteiger partial charge is 0.189 e. The molecule has 0 radical (unpaired) electrons. The van der Waals surface area contributed by atoms with Crippen LogP contribution in [0.3, 0.4) is 0 Å². The molecule has 0 bridgehead atoms. The molecule has 0 aromatic rings. The second-order valence-electron chi connectivity index (χ2n) is 2.41. The van der Waals surface area contributed by atoms with Gasteiger partial charge in [0.2, 0.25) is 0 Å². The summed E-state index contributed by atoms with van der Waals surface area (Å²) >= 11 is 0. The van der Waals surface area contributed by atoms with E-state index in [0.717, 1.165) is 0 Å². The zero-order valence-corrected chi connectivity index (χ0v) is 6.08. The molecule has 5 N–H and O–H groups in total. The summed E-state index contributed by atoms with van der Waals surface area (Å²) in [5.41, 5.74) is 0. The predicted molar refractivity (Wildman–Crippen MR) is 36.3 cm³/mol. The minimum atomic E-state index is -1.66. The molecule has 0 amide bonds. The van der Waals surface area contributed by atoms with E-state index in [1.807, 2.05) is 0 Å². The summed E-state index contributed by atoms with van der Waals surface area (Å²) in [5, 5.41) is 44.3. The van der Waals surface area contributed by atoms with Crippen LogP contribution in [0.15, 0.2) is 11.5 Å². The first-order valence-corrected chi connectivity index (χ1v) is 3.32. The van der Waals surface area contributed by atoms with Crippen LogP contribution in [-0.2, 0) is 4.74 Å². The van der Waals surface area contributed by atoms with Gasteiger partial charge in [-0.15, -0.1) is 0 Å². The third kappa shape index (κ3) is 1.37. The van der Waals surface area contributed by atoms with Crippen molar-refractivity contribution in [2.24, 2.45) is 0 Å². The molecule has 1 aliphatic heterocycles. The molecular weight excluding hydrogens is 168 g/mol. The van der Waals surface area contributed by atoms with Crippen LogP contribution in [0, 0.1) is 0 Å². The first kappa shape index (κ1) is 9.27. The number of hydrogen-bond donors (Lipinski definition) is 5. The summed E-state index contributed by atoms with van der Waals surface area (Å²) in [6, 6.07) is 0. The van der Waals surface area contributed by atoms with Gasteiger partial charge in [0.15, 0.2) is 23.9 Å². The van der Waals surface area contributed by atoms with Crippen LogP contribution in [0.4, 0.5) is 0 Å². The summed E-state index contributed by atoms with van der Waals surface area (Å²) in [7, 11) is 0. The number of rotatable bonds is 1. The van der Waals surface area contributed by atoms with Gasteiger partial charge < -0.3 is 30.3 Å². The van der Waals surface area contributed by atoms with Gasteiger partial charge >= 0.3 is 0 Å². The highest BCUT2D eigenvalue weighted by molar-refractivity contribution is 5.12. The maximum absolute atomic E-state index is 9.00. The van der Waals surface area contributed by atoms with E-state index < -0.39 is 36.6 Å². The Kier molecular flexibility index (Phi) is 2.53. The fraction of sp³-hybridized carbons (Fsp3) is 0.667. The number of aliphatic hydroxyl groups excluding tert-OH is 5. The fourth-order valence-corrected chi connectivity index (χ4v) is 0.888. The van der Waals surface area contributed by atoms with Gasteiger partial charge in [-0.1, -0.05) is 0 Å². The number of hydrogen-bond acceptors (Lipinski definition) is 6. The highest BCUT2D eigenvalue weighted by Crippen LogP contribution is 2.21. The van der Waals surface area contributed by atoms with Crippen molar-refractivity contribution in [1.29, 1.82) is 0 Å². The summed E-state index contributed by atoms with van der Waals surface area (Å²) in [4.78, 5) is 0. The molecule has 0 saturated heterocycles. The Balaban J connectivity index is 2.87. The quantitative estimate of drug-likeness (QED) is 0.330. The minimum Gasteiger partial charge on any atom is -0.506 e. The standard InChI is InChI=1S/C6H10O6/c7-1-2-3(8)4(9)5(10)6(11)12-2/h2,5-11H,1H2/t2-,5-,6?/m1/s1. The maximum Gasteiger partial charge on any atom is 0.189 e. The lowest BCUT2D eigenvalue weighted by molar-refractivity contribution is -0.205. The molecule has 0 spiro atoms. The Morgan fingerprint density at radius 1 is 1.17 bits per heavy atom. The van der Waals surface area contributed by atoms with Crippen LogP contribution < -0.4 is 0 Å². The molecule has 0 aromatic heterocycles. The van der Waals surface area contributed by atoms with E-state index in [1.54, 1.807) is 0 Å². The average Bonchev–Trinajstić information content (AvgIpc) is 2.08. The van der Waals surface area contributed by atoms with Crippen molar-refractivity contribution in [1.82, 2.24) is 0 Å². The molecule has 0 aliphatic carbocycles. The van der Waals surface area contributed by atoms with Gasteiger partial charge in [-0.05, 0) is 0 Å². The zero-order chi connectivity index (χ0) is 9.30. The van der Waals surface area contributed by atoms with E-state index >= 15 is 0 Å². The van der Waals surface area contributed by atoms with E-state index in [-0.39, 0.29) is 0 Å². The Morgan fingerprint density at radius 2 is 1.75 bits per heavy atom. The van der Waals surface area contributed by atoms with Crippen LogP contribution in [0.2, 0.25) is 0 Å². The highest BCUT2D eigenvalue weighted by Gasteiger charge is 2.35. The summed E-state index contributed by atoms with van der Waals surface area (Å²) in [6.45, 7) is -0.584. The Bertz CT molecular complexity index is 196. The molecule has 0 saturated carbocycles. The van der Waals surface area contributed by atoms with Crippen molar-refractivity contribution in [2.45, 2.75) is 18.5 Å². The summed E-state index contributed by atoms with van der Waals surface area (Å²) in [6.07, 6.45) is -4.46. The molecule has 1 aliphatic rings. The van der Waals surface area contributed by atoms with Gasteiger partial charge in [-0.2, -0.15) is 0 Å². The van der Waals surface area contributed by atoms with Crippen LogP contribution in [-0.4, -0.2) is 50.6 Å². The second kappa shape index (κ2) is 3.28. The summed E-state index contributed by atoms with van der Waals surface area (Å²) in [5.74, 6) is -1.43. The lowest BCUT2D eigenvalue weighted by atomic mass is 10.1. The third-order valence-corrected chi connectivity index (χ3v) is 1.59. The van der Waals surface area contributed by atoms with Crippen LogP contribution in [0.1, 0.15) is 0 Å². The molecule has 6 nitrogen and oxygen atoms in total. The van der Waals surface area contributed by atoms with Crippen LogP contribution in [0.5, 0.6) is 0 Å². The molecule has 3 atom stereocenters. The third-order valence-electron chi connectivity index (χ3n) is 1.59. The summed E-state index contributed by atoms with van der Waals surface area (Å²) < 4.78 is 4.52. The molecule has 6 heteroatoms. The Labute approximate surface area is 68.0 Å². The molecule has 0 aromatic carbocycles. The molecule has 1 unspecified atom stereocenters. The monoisotopic (exact) mass is 178 g/mol. The predicted octanol–water partition coefficient (Wildman–Crippen LogP) is -1.62. The topological polar surface area (TPSA) is 110 Å². The lowest BCUT2D eigenvalue weighted by Crippen LogP contribution is -2.42. The van der Waals surface area contributed by atoms with Gasteiger partial charge in [-0.3, -0.25) is 0 Å². The second-order valence-corrected chi connectivity index (χ2v) is 2.41. The van der Waals surface area contributed by atoms with E-state index in [4.69, 9.17) is 25.5 Å². The van der Waals surface area contributed by atoms with E-state index in [0.29, 0.717) is 0 Å². The van der Waals surface area contributed by atoms with Gasteiger partial charge in [-0.25, -0.2) is 0 Å². The largest absolute Gasteiger partial charge is 0.506 e. The van der Waals surface area contributed by atoms with Gasteiger partial charge in [0, 0.05) is 0 Å². The zero-order valence-electron chi connectivity index (χ0n) is 6.08. The molecule has 0 fully saturated rings. The maximum atomic E-state index is 9.00. The lowest BCUT2D eigenvalue weighted by Gasteiger charge is -2.28. The Morgan fingerprint density at radius 3 is 2.25 bits per heavy atom. The molecular formula is C6H10O6. The first-order chi connectivity index (χ1) is 5.57. The highest BCUT2D eigenvalue weighted by atomic mass is 16.6. The van der Waals surface area contributed by atoms with Crippen molar-refractivity contribution in [2.75, 3.05) is 6.61 Å². The normalized spacial score (nSPS) is 37.1.